The van der Waals surface area contributed by atoms with Crippen LogP contribution in [0.2, 0.25) is 0 Å². The number of nitrogens with zero attached hydrogens (tertiary/aromatic N) is 2. The van der Waals surface area contributed by atoms with Crippen molar-refractivity contribution in [1.82, 2.24) is 15.5 Å². The zero-order valence-corrected chi connectivity index (χ0v) is 20.5. The number of likely N-dealkylation sites (tertiary alicyclic amines) is 1. The number of methoxy groups -OCH3 is 1. The molecule has 1 heterocycles. The number of aliphatic imine (C=N–C) groups is 1. The van der Waals surface area contributed by atoms with E-state index in [0.29, 0.717) is 13.2 Å². The first-order chi connectivity index (χ1) is 13.8. The van der Waals surface area contributed by atoms with Gasteiger partial charge in [-0.1, -0.05) is 30.7 Å². The van der Waals surface area contributed by atoms with Gasteiger partial charge in [-0.05, 0) is 49.9 Å². The van der Waals surface area contributed by atoms with E-state index in [9.17, 15) is 0 Å². The number of rotatable bonds is 12. The van der Waals surface area contributed by atoms with Gasteiger partial charge in [0.2, 0.25) is 0 Å². The van der Waals surface area contributed by atoms with Gasteiger partial charge in [0.15, 0.2) is 5.96 Å². The van der Waals surface area contributed by atoms with Crippen LogP contribution in [0.5, 0.6) is 0 Å². The summed E-state index contributed by atoms with van der Waals surface area (Å²) in [5.74, 6) is 0.845. The molecule has 1 aliphatic heterocycles. The zero-order valence-electron chi connectivity index (χ0n) is 18.1. The van der Waals surface area contributed by atoms with E-state index in [1.165, 1.54) is 43.5 Å². The highest BCUT2D eigenvalue weighted by Crippen LogP contribution is 2.13. The fourth-order valence-corrected chi connectivity index (χ4v) is 3.32. The Hall–Kier alpha value is -0.900. The van der Waals surface area contributed by atoms with Crippen LogP contribution < -0.4 is 10.6 Å². The van der Waals surface area contributed by atoms with Gasteiger partial charge >= 0.3 is 0 Å². The standard InChI is InChI=1S/C22H38N4O2.HI/c1-23-22(24-12-4-7-15-28-17-16-27-2)25-18-20-8-10-21(11-9-20)19-26-13-5-3-6-14-26;/h8-11H,3-7,12-19H2,1-2H3,(H2,23,24,25);1H. The molecule has 166 valence electrons. The van der Waals surface area contributed by atoms with Crippen molar-refractivity contribution in [2.75, 3.05) is 53.6 Å². The number of guanidine groups is 1. The van der Waals surface area contributed by atoms with Gasteiger partial charge in [0, 0.05) is 40.4 Å². The largest absolute Gasteiger partial charge is 0.382 e. The number of benzene rings is 1. The number of piperidine rings is 1. The second-order valence-corrected chi connectivity index (χ2v) is 7.32. The lowest BCUT2D eigenvalue weighted by molar-refractivity contribution is 0.0689. The molecule has 0 radical (unpaired) electrons. The first-order valence-electron chi connectivity index (χ1n) is 10.6. The highest BCUT2D eigenvalue weighted by molar-refractivity contribution is 14.0. The van der Waals surface area contributed by atoms with Gasteiger partial charge in [0.1, 0.15) is 0 Å². The fraction of sp³-hybridized carbons (Fsp3) is 0.682. The Kier molecular flexibility index (Phi) is 15.2. The molecule has 2 N–H and O–H groups in total. The maximum Gasteiger partial charge on any atom is 0.191 e. The first-order valence-corrected chi connectivity index (χ1v) is 10.6. The van der Waals surface area contributed by atoms with Crippen molar-refractivity contribution < 1.29 is 9.47 Å². The van der Waals surface area contributed by atoms with Gasteiger partial charge < -0.3 is 20.1 Å². The Morgan fingerprint density at radius 3 is 2.38 bits per heavy atom. The van der Waals surface area contributed by atoms with Crippen LogP contribution in [-0.2, 0) is 22.6 Å². The molecular weight excluding hydrogens is 479 g/mol. The number of nitrogens with one attached hydrogen (secondary N) is 2. The maximum absolute atomic E-state index is 5.47. The second-order valence-electron chi connectivity index (χ2n) is 7.32. The van der Waals surface area contributed by atoms with Gasteiger partial charge in [-0.15, -0.1) is 24.0 Å². The molecule has 1 aromatic carbocycles. The summed E-state index contributed by atoms with van der Waals surface area (Å²) in [4.78, 5) is 6.86. The molecule has 0 bridgehead atoms. The molecule has 1 fully saturated rings. The molecule has 0 aliphatic carbocycles. The van der Waals surface area contributed by atoms with Crippen LogP contribution in [-0.4, -0.2) is 64.5 Å². The fourth-order valence-electron chi connectivity index (χ4n) is 3.32. The molecule has 29 heavy (non-hydrogen) atoms. The summed E-state index contributed by atoms with van der Waals surface area (Å²) >= 11 is 0. The third kappa shape index (κ3) is 11.8. The van der Waals surface area contributed by atoms with E-state index in [1.807, 2.05) is 7.05 Å². The molecule has 0 unspecified atom stereocenters. The molecule has 0 spiro atoms. The molecule has 1 aromatic rings. The Morgan fingerprint density at radius 1 is 0.966 bits per heavy atom. The predicted molar refractivity (Wildman–Crippen MR) is 131 cm³/mol. The molecular formula is C22H39IN4O2. The quantitative estimate of drug-likeness (QED) is 0.192. The van der Waals surface area contributed by atoms with Crippen molar-refractivity contribution in [1.29, 1.82) is 0 Å². The molecule has 0 atom stereocenters. The summed E-state index contributed by atoms with van der Waals surface area (Å²) in [6.45, 7) is 7.34. The molecule has 1 aliphatic rings. The van der Waals surface area contributed by atoms with E-state index in [0.717, 1.165) is 45.0 Å². The average molecular weight is 518 g/mol. The zero-order chi connectivity index (χ0) is 19.9. The lowest BCUT2D eigenvalue weighted by Crippen LogP contribution is -2.37. The van der Waals surface area contributed by atoms with Crippen molar-refractivity contribution >= 4 is 29.9 Å². The van der Waals surface area contributed by atoms with E-state index < -0.39 is 0 Å². The van der Waals surface area contributed by atoms with E-state index >= 15 is 0 Å². The molecule has 7 heteroatoms. The maximum atomic E-state index is 5.47. The third-order valence-corrected chi connectivity index (χ3v) is 5.00. The number of ether oxygens (including phenoxy) is 2. The van der Waals surface area contributed by atoms with E-state index in [-0.39, 0.29) is 24.0 Å². The molecule has 6 nitrogen and oxygen atoms in total. The molecule has 2 rings (SSSR count). The molecule has 1 saturated heterocycles. The minimum Gasteiger partial charge on any atom is -0.382 e. The van der Waals surface area contributed by atoms with Gasteiger partial charge in [0.05, 0.1) is 13.2 Å². The second kappa shape index (κ2) is 16.8. The number of halogens is 1. The van der Waals surface area contributed by atoms with Crippen LogP contribution in [0.15, 0.2) is 29.3 Å². The summed E-state index contributed by atoms with van der Waals surface area (Å²) in [6, 6.07) is 8.95. The summed E-state index contributed by atoms with van der Waals surface area (Å²) in [5.41, 5.74) is 2.68. The summed E-state index contributed by atoms with van der Waals surface area (Å²) < 4.78 is 10.4. The Balaban J connectivity index is 0.00000420. The van der Waals surface area contributed by atoms with Crippen molar-refractivity contribution in [3.05, 3.63) is 35.4 Å². The lowest BCUT2D eigenvalue weighted by atomic mass is 10.1. The SMILES string of the molecule is CN=C(NCCCCOCCOC)NCc1ccc(CN2CCCCC2)cc1.I. The Morgan fingerprint density at radius 2 is 1.69 bits per heavy atom. The summed E-state index contributed by atoms with van der Waals surface area (Å²) in [6.07, 6.45) is 6.16. The Labute approximate surface area is 193 Å². The van der Waals surface area contributed by atoms with Crippen LogP contribution in [0, 0.1) is 0 Å². The van der Waals surface area contributed by atoms with Gasteiger partial charge in [-0.2, -0.15) is 0 Å². The Bertz CT molecular complexity index is 548. The van der Waals surface area contributed by atoms with E-state index in [1.54, 1.807) is 7.11 Å². The molecule has 0 saturated carbocycles. The summed E-state index contributed by atoms with van der Waals surface area (Å²) in [7, 11) is 3.50. The summed E-state index contributed by atoms with van der Waals surface area (Å²) in [5, 5.41) is 6.75. The smallest absolute Gasteiger partial charge is 0.191 e. The van der Waals surface area contributed by atoms with Gasteiger partial charge in [-0.25, -0.2) is 0 Å². The van der Waals surface area contributed by atoms with E-state index in [4.69, 9.17) is 9.47 Å². The highest BCUT2D eigenvalue weighted by atomic mass is 127. The van der Waals surface area contributed by atoms with Crippen molar-refractivity contribution in [2.24, 2.45) is 4.99 Å². The monoisotopic (exact) mass is 518 g/mol. The van der Waals surface area contributed by atoms with Crippen molar-refractivity contribution in [3.63, 3.8) is 0 Å². The predicted octanol–water partition coefficient (Wildman–Crippen LogP) is 3.40. The van der Waals surface area contributed by atoms with Crippen LogP contribution in [0.25, 0.3) is 0 Å². The third-order valence-electron chi connectivity index (χ3n) is 5.00. The normalized spacial score (nSPS) is 15.0. The average Bonchev–Trinajstić information content (AvgIpc) is 2.74. The molecule has 0 amide bonds. The van der Waals surface area contributed by atoms with Gasteiger partial charge in [-0.3, -0.25) is 9.89 Å². The first kappa shape index (κ1) is 26.1. The van der Waals surface area contributed by atoms with Crippen LogP contribution >= 0.6 is 24.0 Å². The molecule has 0 aromatic heterocycles. The van der Waals surface area contributed by atoms with Crippen LogP contribution in [0.3, 0.4) is 0 Å². The van der Waals surface area contributed by atoms with Crippen molar-refractivity contribution in [3.8, 4) is 0 Å². The van der Waals surface area contributed by atoms with E-state index in [2.05, 4.69) is 44.8 Å². The van der Waals surface area contributed by atoms with Gasteiger partial charge in [0.25, 0.3) is 0 Å². The van der Waals surface area contributed by atoms with Crippen LogP contribution in [0.4, 0.5) is 0 Å². The number of hydrogen-bond donors (Lipinski definition) is 2. The van der Waals surface area contributed by atoms with Crippen LogP contribution in [0.1, 0.15) is 43.2 Å². The number of hydrogen-bond acceptors (Lipinski definition) is 4. The number of unbranched alkanes of at least 4 members (excludes halogenated alkanes) is 1. The van der Waals surface area contributed by atoms with Crippen molar-refractivity contribution in [2.45, 2.75) is 45.2 Å². The minimum atomic E-state index is 0. The highest BCUT2D eigenvalue weighted by Gasteiger charge is 2.10. The minimum absolute atomic E-state index is 0. The lowest BCUT2D eigenvalue weighted by Gasteiger charge is -2.26. The topological polar surface area (TPSA) is 58.1 Å².